The van der Waals surface area contributed by atoms with Crippen molar-refractivity contribution < 1.29 is 27.4 Å². The molecule has 1 aliphatic rings. The molecule has 0 saturated carbocycles. The summed E-state index contributed by atoms with van der Waals surface area (Å²) in [6, 6.07) is 2.58. The molecule has 1 aromatic carbocycles. The first-order valence-corrected chi connectivity index (χ1v) is 12.6. The molecule has 2 atom stereocenters. The Labute approximate surface area is 220 Å². The normalized spacial score (nSPS) is 17.4. The van der Waals surface area contributed by atoms with Gasteiger partial charge in [0.15, 0.2) is 0 Å². The number of aryl methyl sites for hydroxylation is 1. The number of hydrogen-bond acceptors (Lipinski definition) is 8. The molecule has 37 heavy (non-hydrogen) atoms. The van der Waals surface area contributed by atoms with E-state index in [1.54, 1.807) is 19.2 Å². The van der Waals surface area contributed by atoms with Crippen molar-refractivity contribution in [3.63, 3.8) is 0 Å². The van der Waals surface area contributed by atoms with E-state index in [9.17, 15) is 18.0 Å². The van der Waals surface area contributed by atoms with E-state index in [4.69, 9.17) is 21.1 Å². The highest BCUT2D eigenvalue weighted by Gasteiger charge is 2.34. The van der Waals surface area contributed by atoms with Crippen LogP contribution in [0.1, 0.15) is 39.6 Å². The van der Waals surface area contributed by atoms with Crippen LogP contribution in [0.4, 0.5) is 13.2 Å². The first kappa shape index (κ1) is 27.2. The van der Waals surface area contributed by atoms with Crippen LogP contribution in [-0.4, -0.2) is 65.2 Å². The molecule has 0 bridgehead atoms. The molecule has 1 unspecified atom stereocenters. The Kier molecular flexibility index (Phi) is 8.32. The Hall–Kier alpha value is -2.80. The number of benzene rings is 1. The number of hydrogen-bond donors (Lipinski definition) is 1. The minimum Gasteiger partial charge on any atom is -0.491 e. The van der Waals surface area contributed by atoms with E-state index in [0.717, 1.165) is 23.8 Å². The zero-order chi connectivity index (χ0) is 26.7. The van der Waals surface area contributed by atoms with Crippen molar-refractivity contribution in [2.24, 2.45) is 0 Å². The zero-order valence-corrected chi connectivity index (χ0v) is 21.9. The molecular weight excluding hydrogens is 531 g/mol. The smallest absolute Gasteiger partial charge is 0.451 e. The van der Waals surface area contributed by atoms with Crippen molar-refractivity contribution in [1.29, 1.82) is 0 Å². The summed E-state index contributed by atoms with van der Waals surface area (Å²) in [6.07, 6.45) is -0.999. The van der Waals surface area contributed by atoms with E-state index >= 15 is 0 Å². The Morgan fingerprint density at radius 2 is 2.03 bits per heavy atom. The highest BCUT2D eigenvalue weighted by molar-refractivity contribution is 7.15. The highest BCUT2D eigenvalue weighted by Crippen LogP contribution is 2.37. The van der Waals surface area contributed by atoms with E-state index in [2.05, 4.69) is 25.2 Å². The average Bonchev–Trinajstić information content (AvgIpc) is 3.28. The first-order valence-electron chi connectivity index (χ1n) is 11.4. The second kappa shape index (κ2) is 11.3. The standard InChI is InChI=1S/C24H25ClF3N5O3S/c1-13-8-29-22(37-13)19-7-16(36-12-17-11-33(3)4-5-35-17)6-18(20(19)25)21(34)32-14(2)15-9-30-23(31-10-15)24(26,27)28/h6-10,14,17H,4-5,11-12H2,1-3H3,(H,32,34)/t14?,17-/m1/s1. The van der Waals surface area contributed by atoms with Crippen LogP contribution in [0.3, 0.4) is 0 Å². The number of rotatable bonds is 7. The fourth-order valence-corrected chi connectivity index (χ4v) is 4.83. The molecule has 1 saturated heterocycles. The fraction of sp³-hybridized carbons (Fsp3) is 0.417. The van der Waals surface area contributed by atoms with Gasteiger partial charge in [-0.25, -0.2) is 15.0 Å². The number of aromatic nitrogens is 3. The maximum atomic E-state index is 13.2. The second-order valence-electron chi connectivity index (χ2n) is 8.71. The molecule has 198 valence electrons. The van der Waals surface area contributed by atoms with Gasteiger partial charge in [0.05, 0.1) is 23.2 Å². The van der Waals surface area contributed by atoms with Gasteiger partial charge >= 0.3 is 6.18 Å². The van der Waals surface area contributed by atoms with Gasteiger partial charge in [0.25, 0.3) is 5.91 Å². The van der Waals surface area contributed by atoms with Gasteiger partial charge in [0.2, 0.25) is 5.82 Å². The molecule has 0 aliphatic carbocycles. The van der Waals surface area contributed by atoms with Crippen LogP contribution >= 0.6 is 22.9 Å². The monoisotopic (exact) mass is 555 g/mol. The van der Waals surface area contributed by atoms with Crippen LogP contribution in [0, 0.1) is 6.92 Å². The number of thiazole rings is 1. The fourth-order valence-electron chi connectivity index (χ4n) is 3.70. The summed E-state index contributed by atoms with van der Waals surface area (Å²) in [5, 5.41) is 3.55. The van der Waals surface area contributed by atoms with Crippen molar-refractivity contribution in [2.45, 2.75) is 32.2 Å². The highest BCUT2D eigenvalue weighted by atomic mass is 35.5. The predicted octanol–water partition coefficient (Wildman–Crippen LogP) is 4.78. The van der Waals surface area contributed by atoms with Crippen molar-refractivity contribution in [1.82, 2.24) is 25.2 Å². The molecule has 1 N–H and O–H groups in total. The minimum absolute atomic E-state index is 0.128. The van der Waals surface area contributed by atoms with Crippen LogP contribution in [-0.2, 0) is 10.9 Å². The lowest BCUT2D eigenvalue weighted by Gasteiger charge is -2.29. The summed E-state index contributed by atoms with van der Waals surface area (Å²) in [4.78, 5) is 27.5. The number of halogens is 4. The number of likely N-dealkylation sites (N-methyl/N-ethyl adjacent to an activating group) is 1. The quantitative estimate of drug-likeness (QED) is 0.449. The van der Waals surface area contributed by atoms with Crippen molar-refractivity contribution in [2.75, 3.05) is 33.4 Å². The lowest BCUT2D eigenvalue weighted by atomic mass is 10.1. The van der Waals surface area contributed by atoms with Crippen molar-refractivity contribution in [3.8, 4) is 16.3 Å². The number of alkyl halides is 3. The number of carbonyl (C=O) groups excluding carboxylic acids is 1. The molecule has 3 aromatic rings. The number of morpholine rings is 1. The molecule has 3 heterocycles. The molecule has 13 heteroatoms. The van der Waals surface area contributed by atoms with Gasteiger partial charge < -0.3 is 19.7 Å². The second-order valence-corrected chi connectivity index (χ2v) is 10.3. The molecule has 2 aromatic heterocycles. The van der Waals surface area contributed by atoms with Gasteiger partial charge in [-0.1, -0.05) is 11.6 Å². The molecular formula is C24H25ClF3N5O3S. The third kappa shape index (κ3) is 6.75. The van der Waals surface area contributed by atoms with Gasteiger partial charge in [0, 0.05) is 47.7 Å². The number of carbonyl (C=O) groups is 1. The first-order chi connectivity index (χ1) is 17.5. The third-order valence-corrected chi connectivity index (χ3v) is 7.05. The molecule has 4 rings (SSSR count). The Morgan fingerprint density at radius 3 is 2.65 bits per heavy atom. The molecule has 1 amide bonds. The third-order valence-electron chi connectivity index (χ3n) is 5.69. The van der Waals surface area contributed by atoms with Crippen LogP contribution < -0.4 is 10.1 Å². The maximum absolute atomic E-state index is 13.2. The summed E-state index contributed by atoms with van der Waals surface area (Å²) in [7, 11) is 2.01. The van der Waals surface area contributed by atoms with Crippen LogP contribution in [0.2, 0.25) is 5.02 Å². The van der Waals surface area contributed by atoms with E-state index in [-0.39, 0.29) is 23.3 Å². The zero-order valence-electron chi connectivity index (χ0n) is 20.3. The summed E-state index contributed by atoms with van der Waals surface area (Å²) in [5.41, 5.74) is 0.984. The van der Waals surface area contributed by atoms with E-state index < -0.39 is 23.9 Å². The predicted molar refractivity (Wildman–Crippen MR) is 133 cm³/mol. The van der Waals surface area contributed by atoms with Crippen LogP contribution in [0.15, 0.2) is 30.7 Å². The van der Waals surface area contributed by atoms with Gasteiger partial charge in [-0.05, 0) is 33.0 Å². The van der Waals surface area contributed by atoms with Gasteiger partial charge in [0.1, 0.15) is 23.5 Å². The van der Waals surface area contributed by atoms with Gasteiger partial charge in [-0.3, -0.25) is 4.79 Å². The number of nitrogens with zero attached hydrogens (tertiary/aromatic N) is 4. The maximum Gasteiger partial charge on any atom is 0.451 e. The molecule has 0 spiro atoms. The van der Waals surface area contributed by atoms with E-state index in [1.165, 1.54) is 17.4 Å². The van der Waals surface area contributed by atoms with E-state index in [1.807, 2.05) is 14.0 Å². The number of amides is 1. The average molecular weight is 556 g/mol. The van der Waals surface area contributed by atoms with Crippen LogP contribution in [0.5, 0.6) is 5.75 Å². The summed E-state index contributed by atoms with van der Waals surface area (Å²) >= 11 is 8.08. The molecule has 1 aliphatic heterocycles. The Balaban J connectivity index is 1.57. The lowest BCUT2D eigenvalue weighted by Crippen LogP contribution is -2.42. The largest absolute Gasteiger partial charge is 0.491 e. The topological polar surface area (TPSA) is 89.5 Å². The minimum atomic E-state index is -4.65. The number of nitrogens with one attached hydrogen (secondary N) is 1. The summed E-state index contributed by atoms with van der Waals surface area (Å²) < 4.78 is 50.1. The van der Waals surface area contributed by atoms with Crippen molar-refractivity contribution >= 4 is 28.8 Å². The van der Waals surface area contributed by atoms with E-state index in [0.29, 0.717) is 35.0 Å². The summed E-state index contributed by atoms with van der Waals surface area (Å²) in [5.74, 6) is -1.37. The van der Waals surface area contributed by atoms with Crippen LogP contribution in [0.25, 0.3) is 10.6 Å². The molecule has 0 radical (unpaired) electrons. The van der Waals surface area contributed by atoms with Gasteiger partial charge in [-0.15, -0.1) is 11.3 Å². The SMILES string of the molecule is Cc1cnc(-c2cc(OC[C@H]3CN(C)CCO3)cc(C(=O)NC(C)c3cnc(C(F)(F)F)nc3)c2Cl)s1. The Bertz CT molecular complexity index is 1260. The lowest BCUT2D eigenvalue weighted by molar-refractivity contribution is -0.145. The molecule has 8 nitrogen and oxygen atoms in total. The molecule has 1 fully saturated rings. The van der Waals surface area contributed by atoms with Crippen molar-refractivity contribution in [3.05, 3.63) is 57.6 Å². The Morgan fingerprint density at radius 1 is 1.30 bits per heavy atom. The summed E-state index contributed by atoms with van der Waals surface area (Å²) in [6.45, 7) is 5.97. The number of ether oxygens (including phenoxy) is 2. The van der Waals surface area contributed by atoms with Gasteiger partial charge in [-0.2, -0.15) is 13.2 Å².